The average molecular weight is 411 g/mol. The van der Waals surface area contributed by atoms with Crippen LogP contribution in [0.2, 0.25) is 0 Å². The first-order valence-corrected chi connectivity index (χ1v) is 10.7. The average Bonchev–Trinajstić information content (AvgIpc) is 2.61. The molecule has 0 rings (SSSR count). The molecule has 2 unspecified atom stereocenters. The lowest BCUT2D eigenvalue weighted by Gasteiger charge is -2.19. The third-order valence-electron chi connectivity index (χ3n) is 3.18. The molecule has 0 aromatic carbocycles. The van der Waals surface area contributed by atoms with Gasteiger partial charge in [-0.1, -0.05) is 10.3 Å². The van der Waals surface area contributed by atoms with Crippen molar-refractivity contribution in [1.29, 1.82) is 0 Å². The first kappa shape index (κ1) is 23.9. The monoisotopic (exact) mass is 410 g/mol. The molecule has 0 saturated carbocycles. The molecule has 0 aliphatic rings. The number of amides is 2. The van der Waals surface area contributed by atoms with Gasteiger partial charge in [-0.2, -0.15) is 23.5 Å². The maximum atomic E-state index is 11.9. The third-order valence-corrected chi connectivity index (χ3v) is 6.06. The summed E-state index contributed by atoms with van der Waals surface area (Å²) in [6, 6.07) is 0. The van der Waals surface area contributed by atoms with Crippen molar-refractivity contribution in [3.63, 3.8) is 0 Å². The van der Waals surface area contributed by atoms with Gasteiger partial charge in [-0.25, -0.2) is 18.2 Å². The van der Waals surface area contributed by atoms with Gasteiger partial charge in [0.1, 0.15) is 0 Å². The molecule has 0 aliphatic carbocycles. The highest BCUT2D eigenvalue weighted by molar-refractivity contribution is 8.00. The fourth-order valence-electron chi connectivity index (χ4n) is 1.08. The summed E-state index contributed by atoms with van der Waals surface area (Å²) >= 11 is 4.01. The van der Waals surface area contributed by atoms with Gasteiger partial charge in [0.25, 0.3) is 0 Å². The minimum Gasteiger partial charge on any atom is -0.297 e. The third kappa shape index (κ3) is 9.26. The lowest BCUT2D eigenvalue weighted by Crippen LogP contribution is -2.29. The van der Waals surface area contributed by atoms with Crippen LogP contribution in [0.5, 0.6) is 0 Å². The topological polar surface area (TPSA) is 83.8 Å². The Morgan fingerprint density at radius 1 is 0.840 bits per heavy atom. The van der Waals surface area contributed by atoms with Crippen LogP contribution in [0.15, 0.2) is 10.3 Å². The van der Waals surface area contributed by atoms with E-state index in [1.807, 2.05) is 26.4 Å². The van der Waals surface area contributed by atoms with Crippen LogP contribution < -0.4 is 0 Å². The maximum Gasteiger partial charge on any atom is 0.447 e. The van der Waals surface area contributed by atoms with Gasteiger partial charge in [-0.15, -0.1) is 0 Å². The molecule has 8 nitrogen and oxygen atoms in total. The van der Waals surface area contributed by atoms with E-state index in [0.29, 0.717) is 11.4 Å². The Hall–Kier alpha value is -1.07. The van der Waals surface area contributed by atoms with Crippen molar-refractivity contribution in [2.75, 3.05) is 26.6 Å². The Morgan fingerprint density at radius 2 is 1.16 bits per heavy atom. The smallest absolute Gasteiger partial charge is 0.297 e. The van der Waals surface area contributed by atoms with Crippen molar-refractivity contribution < 1.29 is 19.3 Å². The van der Waals surface area contributed by atoms with Gasteiger partial charge in [-0.05, 0) is 40.2 Å². The molecule has 144 valence electrons. The summed E-state index contributed by atoms with van der Waals surface area (Å²) in [6.45, 7) is 7.47. The lowest BCUT2D eigenvalue weighted by molar-refractivity contribution is 0.130. The van der Waals surface area contributed by atoms with Gasteiger partial charge in [0.15, 0.2) is 0 Å². The van der Waals surface area contributed by atoms with Crippen LogP contribution in [0, 0.1) is 0 Å². The molecule has 25 heavy (non-hydrogen) atoms. The molecule has 0 aromatic heterocycles. The Balaban J connectivity index is 4.51. The summed E-state index contributed by atoms with van der Waals surface area (Å²) in [6.07, 6.45) is 2.48. The molecule has 0 fully saturated rings. The van der Waals surface area contributed by atoms with Crippen LogP contribution in [0.25, 0.3) is 0 Å². The van der Waals surface area contributed by atoms with Crippen LogP contribution in [0.3, 0.4) is 0 Å². The predicted molar refractivity (Wildman–Crippen MR) is 108 cm³/mol. The summed E-state index contributed by atoms with van der Waals surface area (Å²) in [5.41, 5.74) is 1.39. The zero-order chi connectivity index (χ0) is 19.6. The van der Waals surface area contributed by atoms with E-state index in [0.717, 1.165) is 20.7 Å². The zero-order valence-corrected chi connectivity index (χ0v) is 18.3. The number of nitrogens with zero attached hydrogens (tertiary/aromatic N) is 4. The van der Waals surface area contributed by atoms with E-state index in [2.05, 4.69) is 10.3 Å². The van der Waals surface area contributed by atoms with E-state index >= 15 is 0 Å². The number of hydrogen-bond donors (Lipinski definition) is 0. The fourth-order valence-corrected chi connectivity index (χ4v) is 2.41. The van der Waals surface area contributed by atoms with Crippen molar-refractivity contribution in [2.24, 2.45) is 10.3 Å². The molecule has 11 heteroatoms. The molecule has 0 aliphatic heterocycles. The van der Waals surface area contributed by atoms with E-state index in [1.54, 1.807) is 37.4 Å². The number of carbonyl (C=O) groups excluding carboxylic acids is 2. The van der Waals surface area contributed by atoms with Gasteiger partial charge >= 0.3 is 12.2 Å². The summed E-state index contributed by atoms with van der Waals surface area (Å²) in [4.78, 5) is 33.4. The highest BCUT2D eigenvalue weighted by Crippen LogP contribution is 2.16. The molecule has 0 N–H and O–H groups in total. The number of hydrogen-bond acceptors (Lipinski definition) is 9. The molecule has 0 heterocycles. The molecule has 0 radical (unpaired) electrons. The predicted octanol–water partition coefficient (Wildman–Crippen LogP) is 3.94. The minimum atomic E-state index is -0.701. The Labute approximate surface area is 162 Å². The van der Waals surface area contributed by atoms with E-state index in [9.17, 15) is 9.59 Å². The van der Waals surface area contributed by atoms with Crippen molar-refractivity contribution >= 4 is 59.3 Å². The molecule has 0 bridgehead atoms. The Bertz CT molecular complexity index is 472. The highest BCUT2D eigenvalue weighted by Gasteiger charge is 2.20. The van der Waals surface area contributed by atoms with Crippen molar-refractivity contribution in [1.82, 2.24) is 8.61 Å². The Kier molecular flexibility index (Phi) is 11.8. The van der Waals surface area contributed by atoms with E-state index < -0.39 is 12.2 Å². The molecule has 2 amide bonds. The number of thioether (sulfide) groups is 2. The van der Waals surface area contributed by atoms with Gasteiger partial charge in [-0.3, -0.25) is 9.68 Å². The molecule has 0 saturated heterocycles. The molecule has 2 atom stereocenters. The number of oxime groups is 2. The van der Waals surface area contributed by atoms with Crippen LogP contribution in [-0.4, -0.2) is 69.3 Å². The van der Waals surface area contributed by atoms with Crippen molar-refractivity contribution in [3.8, 4) is 0 Å². The minimum absolute atomic E-state index is 0.146. The second kappa shape index (κ2) is 12.3. The zero-order valence-electron chi connectivity index (χ0n) is 15.8. The normalized spacial score (nSPS) is 14.6. The maximum absolute atomic E-state index is 11.9. The second-order valence-corrected chi connectivity index (χ2v) is 8.63. The summed E-state index contributed by atoms with van der Waals surface area (Å²) in [5, 5.41) is 7.87. The molecular formula is C14H26N4O4S3. The van der Waals surface area contributed by atoms with Crippen molar-refractivity contribution in [2.45, 2.75) is 38.2 Å². The first-order chi connectivity index (χ1) is 11.6. The van der Waals surface area contributed by atoms with Gasteiger partial charge in [0.05, 0.1) is 23.6 Å². The van der Waals surface area contributed by atoms with Crippen LogP contribution in [0.1, 0.15) is 27.7 Å². The van der Waals surface area contributed by atoms with E-state index in [1.165, 1.54) is 14.1 Å². The van der Waals surface area contributed by atoms with Crippen LogP contribution in [0.4, 0.5) is 9.59 Å². The summed E-state index contributed by atoms with van der Waals surface area (Å²) in [7, 11) is 2.92. The van der Waals surface area contributed by atoms with Crippen LogP contribution >= 0.6 is 35.7 Å². The quantitative estimate of drug-likeness (QED) is 0.259. The largest absolute Gasteiger partial charge is 0.447 e. The summed E-state index contributed by atoms with van der Waals surface area (Å²) in [5.74, 6) is 0. The standard InChI is InChI=1S/C14H26N4O4S3/c1-9(11(3)23-7)15-21-13(19)17(5)25-18(6)14(20)22-16-10(2)12(4)24-8/h11-12H,1-8H3. The number of carbonyl (C=O) groups is 2. The highest BCUT2D eigenvalue weighted by atomic mass is 32.2. The molecule has 0 aromatic rings. The van der Waals surface area contributed by atoms with Gasteiger partial charge in [0, 0.05) is 24.6 Å². The SMILES string of the molecule is CSC(C)C(C)=NOC(=O)N(C)SN(C)C(=O)ON=C(C)C(C)SC. The number of rotatable bonds is 8. The fraction of sp³-hybridized carbons (Fsp3) is 0.714. The second-order valence-electron chi connectivity index (χ2n) is 5.01. The summed E-state index contributed by atoms with van der Waals surface area (Å²) < 4.78 is 2.26. The Morgan fingerprint density at radius 3 is 1.44 bits per heavy atom. The first-order valence-electron chi connectivity index (χ1n) is 7.36. The van der Waals surface area contributed by atoms with E-state index in [-0.39, 0.29) is 10.5 Å². The van der Waals surface area contributed by atoms with Gasteiger partial charge in [0.2, 0.25) is 0 Å². The molecule has 0 spiro atoms. The van der Waals surface area contributed by atoms with Gasteiger partial charge < -0.3 is 0 Å². The van der Waals surface area contributed by atoms with Crippen LogP contribution in [-0.2, 0) is 9.68 Å². The van der Waals surface area contributed by atoms with Crippen molar-refractivity contribution in [3.05, 3.63) is 0 Å². The lowest BCUT2D eigenvalue weighted by atomic mass is 10.3. The molecular weight excluding hydrogens is 384 g/mol. The van der Waals surface area contributed by atoms with E-state index in [4.69, 9.17) is 9.68 Å².